The van der Waals surface area contributed by atoms with Crippen molar-refractivity contribution >= 4 is 0 Å². The minimum absolute atomic E-state index is 0.0482. The Labute approximate surface area is 293 Å². The Balaban J connectivity index is 1.09. The molecule has 9 atom stereocenters. The molecule has 1 saturated heterocycles. The number of aliphatic hydroxyl groups excluding tert-OH is 2. The Morgan fingerprint density at radius 1 is 1.02 bits per heavy atom. The number of allylic oxidation sites excluding steroid dienone is 3. The molecular formula is C41H47N2O7-. The smallest absolute Gasteiger partial charge is 0.201 e. The van der Waals surface area contributed by atoms with E-state index in [2.05, 4.69) is 46.7 Å². The van der Waals surface area contributed by atoms with Gasteiger partial charge in [-0.3, -0.25) is 0 Å². The molecule has 2 aliphatic heterocycles. The minimum atomic E-state index is -0.646. The summed E-state index contributed by atoms with van der Waals surface area (Å²) in [6.45, 7) is 0.392. The highest BCUT2D eigenvalue weighted by atomic mass is 16.5. The van der Waals surface area contributed by atoms with Crippen LogP contribution in [0.25, 0.3) is 0 Å². The molecule has 2 fully saturated rings. The summed E-state index contributed by atoms with van der Waals surface area (Å²) in [7, 11) is 1.43. The predicted octanol–water partition coefficient (Wildman–Crippen LogP) is 5.76. The topological polar surface area (TPSA) is 146 Å². The van der Waals surface area contributed by atoms with Crippen molar-refractivity contribution in [2.75, 3.05) is 13.7 Å². The molecule has 264 valence electrons. The second kappa shape index (κ2) is 13.6. The van der Waals surface area contributed by atoms with E-state index >= 15 is 0 Å². The Hall–Kier alpha value is -4.02. The fourth-order valence-corrected chi connectivity index (χ4v) is 9.73. The van der Waals surface area contributed by atoms with Gasteiger partial charge in [-0.2, -0.15) is 12.4 Å². The van der Waals surface area contributed by atoms with Gasteiger partial charge < -0.3 is 45.3 Å². The van der Waals surface area contributed by atoms with Gasteiger partial charge in [0.2, 0.25) is 5.75 Å². The third-order valence-electron chi connectivity index (χ3n) is 12.2. The fourth-order valence-electron chi connectivity index (χ4n) is 9.73. The molecule has 0 bridgehead atoms. The number of phenols is 3. The van der Waals surface area contributed by atoms with E-state index in [1.54, 1.807) is 12.4 Å². The molecule has 1 aromatic heterocycles. The van der Waals surface area contributed by atoms with Crippen LogP contribution in [-0.4, -0.2) is 57.4 Å². The molecule has 0 amide bonds. The number of methoxy groups -OCH3 is 1. The maximum Gasteiger partial charge on any atom is 0.201 e. The van der Waals surface area contributed by atoms with Gasteiger partial charge in [0.1, 0.15) is 5.75 Å². The lowest BCUT2D eigenvalue weighted by Crippen LogP contribution is -2.44. The van der Waals surface area contributed by atoms with E-state index in [1.807, 2.05) is 18.2 Å². The SMILES string of the molecule is COc1c(O)c(O)c(CO)c(C2CC(O)C3CCC(c4ccc(O)c(C5C=CCC6CC7NCC=CC7=CC65)c4)CC3O2)c1Cc1cc[n-]c1. The number of ether oxygens (including phenoxy) is 2. The van der Waals surface area contributed by atoms with E-state index in [1.165, 1.54) is 12.7 Å². The summed E-state index contributed by atoms with van der Waals surface area (Å²) in [6, 6.07) is 8.35. The van der Waals surface area contributed by atoms with E-state index in [9.17, 15) is 25.5 Å². The van der Waals surface area contributed by atoms with Crippen molar-refractivity contribution in [3.8, 4) is 23.0 Å². The van der Waals surface area contributed by atoms with Crippen molar-refractivity contribution in [1.29, 1.82) is 0 Å². The third-order valence-corrected chi connectivity index (χ3v) is 12.2. The fraction of sp³-hybridized carbons (Fsp3) is 0.463. The number of hydrogen-bond acceptors (Lipinski definition) is 8. The van der Waals surface area contributed by atoms with Crippen LogP contribution >= 0.6 is 0 Å². The molecule has 9 unspecified atom stereocenters. The van der Waals surface area contributed by atoms with Gasteiger partial charge in [-0.25, -0.2) is 0 Å². The monoisotopic (exact) mass is 679 g/mol. The molecule has 9 heteroatoms. The maximum absolute atomic E-state index is 11.5. The summed E-state index contributed by atoms with van der Waals surface area (Å²) in [5.41, 5.74) is 5.67. The first-order valence-electron chi connectivity index (χ1n) is 18.1. The van der Waals surface area contributed by atoms with Gasteiger partial charge in [0.25, 0.3) is 0 Å². The van der Waals surface area contributed by atoms with E-state index in [4.69, 9.17) is 9.47 Å². The Morgan fingerprint density at radius 2 is 1.90 bits per heavy atom. The molecule has 0 radical (unpaired) electrons. The van der Waals surface area contributed by atoms with Gasteiger partial charge in [0.15, 0.2) is 11.5 Å². The number of aromatic nitrogens is 1. The van der Waals surface area contributed by atoms with Gasteiger partial charge in [-0.15, -0.1) is 0 Å². The van der Waals surface area contributed by atoms with Crippen LogP contribution in [0.2, 0.25) is 0 Å². The molecule has 1 saturated carbocycles. The number of hydrogen-bond donors (Lipinski definition) is 6. The summed E-state index contributed by atoms with van der Waals surface area (Å²) >= 11 is 0. The Kier molecular flexibility index (Phi) is 9.02. The summed E-state index contributed by atoms with van der Waals surface area (Å²) in [4.78, 5) is 4.18. The highest BCUT2D eigenvalue weighted by Gasteiger charge is 2.45. The predicted molar refractivity (Wildman–Crippen MR) is 188 cm³/mol. The standard InChI is InChI=1S/C41H47N2O7/c1-49-41-31(14-22-11-13-42-20-22)38(32(21-44)39(47)40(41)48)37-19-35(46)28-9-7-24(18-36(28)50-37)23-8-10-34(45)30(15-23)27-6-2-4-25-17-33-26(16-29(25)27)5-3-12-43-33/h2-3,5-6,8,10-11,13,15-16,20,24-25,27-29,33,35-37,43-48H,4,7,9,12,14,17-19,21H2,1H3/q-1. The number of aliphatic hydroxyl groups is 2. The molecule has 3 heterocycles. The number of nitrogens with zero attached hydrogens (tertiary/aromatic N) is 1. The van der Waals surface area contributed by atoms with Crippen LogP contribution in [0.3, 0.4) is 0 Å². The minimum Gasteiger partial charge on any atom is -0.670 e. The molecule has 9 nitrogen and oxygen atoms in total. The molecule has 2 aromatic carbocycles. The van der Waals surface area contributed by atoms with Gasteiger partial charge in [-0.1, -0.05) is 54.1 Å². The first kappa shape index (κ1) is 33.1. The van der Waals surface area contributed by atoms with Crippen LogP contribution in [0.5, 0.6) is 23.0 Å². The van der Waals surface area contributed by atoms with E-state index in [0.717, 1.165) is 48.9 Å². The zero-order valence-electron chi connectivity index (χ0n) is 28.4. The van der Waals surface area contributed by atoms with E-state index < -0.39 is 30.3 Å². The maximum atomic E-state index is 11.5. The molecule has 5 aliphatic rings. The quantitative estimate of drug-likeness (QED) is 0.136. The zero-order valence-corrected chi connectivity index (χ0v) is 28.4. The number of phenolic OH excluding ortho intramolecular Hbond substituents is 2. The Bertz CT molecular complexity index is 1810. The molecule has 3 aliphatic carbocycles. The van der Waals surface area contributed by atoms with Gasteiger partial charge in [0.05, 0.1) is 32.0 Å². The van der Waals surface area contributed by atoms with Gasteiger partial charge in [-0.05, 0) is 79.0 Å². The second-order valence-corrected chi connectivity index (χ2v) is 14.9. The highest BCUT2D eigenvalue weighted by Crippen LogP contribution is 2.53. The van der Waals surface area contributed by atoms with Crippen LogP contribution in [0, 0.1) is 17.8 Å². The second-order valence-electron chi connectivity index (χ2n) is 14.9. The number of fused-ring (bicyclic) bond motifs is 3. The number of nitrogens with one attached hydrogen (secondary N) is 1. The first-order valence-corrected chi connectivity index (χ1v) is 18.1. The molecule has 0 spiro atoms. The van der Waals surface area contributed by atoms with Crippen LogP contribution in [0.4, 0.5) is 0 Å². The summed E-state index contributed by atoms with van der Waals surface area (Å²) in [5, 5.41) is 58.7. The Morgan fingerprint density at radius 3 is 2.70 bits per heavy atom. The molecular weight excluding hydrogens is 632 g/mol. The highest BCUT2D eigenvalue weighted by molar-refractivity contribution is 5.64. The zero-order chi connectivity index (χ0) is 34.5. The lowest BCUT2D eigenvalue weighted by atomic mass is 9.65. The van der Waals surface area contributed by atoms with Gasteiger partial charge >= 0.3 is 0 Å². The number of aromatic hydroxyl groups is 3. The lowest BCUT2D eigenvalue weighted by molar-refractivity contribution is -0.154. The van der Waals surface area contributed by atoms with Crippen molar-refractivity contribution in [2.45, 2.75) is 87.7 Å². The van der Waals surface area contributed by atoms with Crippen LogP contribution in [-0.2, 0) is 17.8 Å². The largest absolute Gasteiger partial charge is 0.670 e. The van der Waals surface area contributed by atoms with Crippen LogP contribution < -0.4 is 15.0 Å². The van der Waals surface area contributed by atoms with E-state index in [0.29, 0.717) is 54.0 Å². The van der Waals surface area contributed by atoms with Crippen molar-refractivity contribution in [3.63, 3.8) is 0 Å². The lowest BCUT2D eigenvalue weighted by Gasteiger charge is -2.46. The summed E-state index contributed by atoms with van der Waals surface area (Å²) in [6.07, 6.45) is 18.5. The summed E-state index contributed by atoms with van der Waals surface area (Å²) in [5.74, 6) is 0.623. The third kappa shape index (κ3) is 5.84. The molecule has 6 N–H and O–H groups in total. The van der Waals surface area contributed by atoms with Crippen LogP contribution in [0.1, 0.15) is 89.8 Å². The van der Waals surface area contributed by atoms with Crippen molar-refractivity contribution < 1.29 is 35.0 Å². The number of rotatable bonds is 7. The van der Waals surface area contributed by atoms with Crippen molar-refractivity contribution in [1.82, 2.24) is 10.3 Å². The van der Waals surface area contributed by atoms with Gasteiger partial charge in [0, 0.05) is 47.5 Å². The van der Waals surface area contributed by atoms with E-state index in [-0.39, 0.29) is 35.2 Å². The summed E-state index contributed by atoms with van der Waals surface area (Å²) < 4.78 is 12.5. The molecule has 8 rings (SSSR count). The number of benzene rings is 2. The average Bonchev–Trinajstić information content (AvgIpc) is 3.65. The first-order chi connectivity index (χ1) is 24.3. The molecule has 50 heavy (non-hydrogen) atoms. The van der Waals surface area contributed by atoms with Crippen molar-refractivity contribution in [2.24, 2.45) is 17.8 Å². The molecule has 3 aromatic rings. The normalized spacial score (nSPS) is 31.7. The van der Waals surface area contributed by atoms with Crippen LogP contribution in [0.15, 0.2) is 72.6 Å². The average molecular weight is 680 g/mol. The van der Waals surface area contributed by atoms with Crippen molar-refractivity contribution in [3.05, 3.63) is 106 Å².